The first-order valence-corrected chi connectivity index (χ1v) is 6.77. The van der Waals surface area contributed by atoms with Gasteiger partial charge in [-0.25, -0.2) is 0 Å². The van der Waals surface area contributed by atoms with Crippen LogP contribution < -0.4 is 0 Å². The van der Waals surface area contributed by atoms with E-state index in [1.54, 1.807) is 0 Å². The molecule has 1 saturated carbocycles. The molecule has 1 aromatic rings. The number of nitrogens with zero attached hydrogens (tertiary/aromatic N) is 1. The summed E-state index contributed by atoms with van der Waals surface area (Å²) in [5, 5.41) is 0. The van der Waals surface area contributed by atoms with Gasteiger partial charge in [-0.3, -0.25) is 4.79 Å². The standard InChI is InChI=1S/C13H18BrNO/c1-8-6-12(13(16)9(2)14)10(3)15(8)7-11-4-5-11/h6,9,11H,4-5,7H2,1-3H3. The summed E-state index contributed by atoms with van der Waals surface area (Å²) >= 11 is 3.35. The van der Waals surface area contributed by atoms with Gasteiger partial charge in [-0.1, -0.05) is 15.9 Å². The van der Waals surface area contributed by atoms with Crippen LogP contribution in [0.4, 0.5) is 0 Å². The zero-order valence-electron chi connectivity index (χ0n) is 10.1. The first kappa shape index (κ1) is 11.9. The van der Waals surface area contributed by atoms with Crippen molar-refractivity contribution in [1.82, 2.24) is 4.57 Å². The third-order valence-electron chi connectivity index (χ3n) is 3.34. The molecule has 2 rings (SSSR count). The first-order valence-electron chi connectivity index (χ1n) is 5.85. The summed E-state index contributed by atoms with van der Waals surface area (Å²) in [4.78, 5) is 11.9. The third-order valence-corrected chi connectivity index (χ3v) is 3.75. The minimum atomic E-state index is -0.0950. The highest BCUT2D eigenvalue weighted by molar-refractivity contribution is 9.10. The second kappa shape index (κ2) is 4.36. The Morgan fingerprint density at radius 2 is 2.19 bits per heavy atom. The molecule has 1 aliphatic rings. The fourth-order valence-electron chi connectivity index (χ4n) is 2.10. The molecule has 1 aliphatic carbocycles. The van der Waals surface area contributed by atoms with E-state index >= 15 is 0 Å². The molecule has 0 spiro atoms. The number of ketones is 1. The average molecular weight is 284 g/mol. The second-order valence-corrected chi connectivity index (χ2v) is 6.19. The lowest BCUT2D eigenvalue weighted by Crippen LogP contribution is -2.12. The molecule has 1 heterocycles. The molecule has 2 nitrogen and oxygen atoms in total. The summed E-state index contributed by atoms with van der Waals surface area (Å²) < 4.78 is 2.29. The summed E-state index contributed by atoms with van der Waals surface area (Å²) in [6.07, 6.45) is 2.68. The van der Waals surface area contributed by atoms with Crippen LogP contribution >= 0.6 is 15.9 Å². The number of alkyl halides is 1. The number of hydrogen-bond donors (Lipinski definition) is 0. The largest absolute Gasteiger partial charge is 0.348 e. The van der Waals surface area contributed by atoms with E-state index in [0.717, 1.165) is 23.7 Å². The molecule has 1 atom stereocenters. The van der Waals surface area contributed by atoms with E-state index in [0.29, 0.717) is 0 Å². The monoisotopic (exact) mass is 283 g/mol. The number of Topliss-reactive ketones (excluding diaryl/α,β-unsaturated/α-hetero) is 1. The van der Waals surface area contributed by atoms with E-state index in [1.165, 1.54) is 18.5 Å². The number of aromatic nitrogens is 1. The number of rotatable bonds is 4. The Morgan fingerprint density at radius 1 is 1.56 bits per heavy atom. The molecule has 88 valence electrons. The summed E-state index contributed by atoms with van der Waals surface area (Å²) in [7, 11) is 0. The molecular formula is C13H18BrNO. The van der Waals surface area contributed by atoms with Gasteiger partial charge in [0.1, 0.15) is 0 Å². The molecule has 0 N–H and O–H groups in total. The molecule has 1 unspecified atom stereocenters. The Morgan fingerprint density at radius 3 is 2.69 bits per heavy atom. The number of carbonyl (C=O) groups is 1. The molecule has 1 fully saturated rings. The topological polar surface area (TPSA) is 22.0 Å². The smallest absolute Gasteiger partial charge is 0.177 e. The number of carbonyl (C=O) groups excluding carboxylic acids is 1. The predicted octanol–water partition coefficient (Wildman–Crippen LogP) is 3.48. The molecule has 0 radical (unpaired) electrons. The number of halogens is 1. The van der Waals surface area contributed by atoms with Crippen LogP contribution in [-0.4, -0.2) is 15.2 Å². The van der Waals surface area contributed by atoms with Crippen LogP contribution in [0.1, 0.15) is 41.5 Å². The van der Waals surface area contributed by atoms with Crippen LogP contribution in [0.15, 0.2) is 6.07 Å². The van der Waals surface area contributed by atoms with Gasteiger partial charge in [-0.2, -0.15) is 0 Å². The summed E-state index contributed by atoms with van der Waals surface area (Å²) in [5.41, 5.74) is 3.21. The Balaban J connectivity index is 2.29. The van der Waals surface area contributed by atoms with E-state index in [1.807, 2.05) is 13.0 Å². The van der Waals surface area contributed by atoms with Gasteiger partial charge < -0.3 is 4.57 Å². The van der Waals surface area contributed by atoms with E-state index in [-0.39, 0.29) is 10.6 Å². The van der Waals surface area contributed by atoms with Crippen LogP contribution in [0.5, 0.6) is 0 Å². The molecule has 0 saturated heterocycles. The fraction of sp³-hybridized carbons (Fsp3) is 0.615. The maximum Gasteiger partial charge on any atom is 0.177 e. The maximum atomic E-state index is 12.0. The van der Waals surface area contributed by atoms with Gasteiger partial charge in [-0.15, -0.1) is 0 Å². The van der Waals surface area contributed by atoms with Gasteiger partial charge in [0, 0.05) is 23.5 Å². The zero-order chi connectivity index (χ0) is 11.9. The zero-order valence-corrected chi connectivity index (χ0v) is 11.7. The van der Waals surface area contributed by atoms with Crippen molar-refractivity contribution in [3.05, 3.63) is 23.0 Å². The van der Waals surface area contributed by atoms with E-state index in [4.69, 9.17) is 0 Å². The van der Waals surface area contributed by atoms with Crippen molar-refractivity contribution >= 4 is 21.7 Å². The van der Waals surface area contributed by atoms with Gasteiger partial charge in [0.15, 0.2) is 5.78 Å². The summed E-state index contributed by atoms with van der Waals surface area (Å²) in [6.45, 7) is 7.11. The van der Waals surface area contributed by atoms with Crippen LogP contribution in [-0.2, 0) is 6.54 Å². The first-order chi connectivity index (χ1) is 7.50. The van der Waals surface area contributed by atoms with Crippen molar-refractivity contribution in [3.8, 4) is 0 Å². The normalized spacial score (nSPS) is 17.5. The molecule has 0 amide bonds. The Bertz CT molecular complexity index is 416. The van der Waals surface area contributed by atoms with Gasteiger partial charge in [0.25, 0.3) is 0 Å². The summed E-state index contributed by atoms with van der Waals surface area (Å²) in [6, 6.07) is 2.03. The second-order valence-electron chi connectivity index (χ2n) is 4.82. The fourth-order valence-corrected chi connectivity index (χ4v) is 2.35. The van der Waals surface area contributed by atoms with E-state index in [9.17, 15) is 4.79 Å². The SMILES string of the molecule is Cc1cc(C(=O)C(C)Br)c(C)n1CC1CC1. The van der Waals surface area contributed by atoms with Crippen molar-refractivity contribution < 1.29 is 4.79 Å². The van der Waals surface area contributed by atoms with Gasteiger partial charge in [0.2, 0.25) is 0 Å². The van der Waals surface area contributed by atoms with Gasteiger partial charge in [0.05, 0.1) is 4.83 Å². The third kappa shape index (κ3) is 2.24. The maximum absolute atomic E-state index is 12.0. The Labute approximate surface area is 105 Å². The molecule has 0 bridgehead atoms. The molecule has 3 heteroatoms. The molecule has 0 aliphatic heterocycles. The molecular weight excluding hydrogens is 266 g/mol. The number of hydrogen-bond acceptors (Lipinski definition) is 1. The van der Waals surface area contributed by atoms with Crippen molar-refractivity contribution in [1.29, 1.82) is 0 Å². The minimum absolute atomic E-state index is 0.0950. The Kier molecular flexibility index (Phi) is 3.24. The van der Waals surface area contributed by atoms with Crippen LogP contribution in [0, 0.1) is 19.8 Å². The highest BCUT2D eigenvalue weighted by Gasteiger charge is 2.25. The lowest BCUT2D eigenvalue weighted by Gasteiger charge is -2.09. The number of aryl methyl sites for hydroxylation is 1. The average Bonchev–Trinajstić information content (AvgIpc) is 2.99. The van der Waals surface area contributed by atoms with Crippen LogP contribution in [0.25, 0.3) is 0 Å². The highest BCUT2D eigenvalue weighted by Crippen LogP contribution is 2.32. The van der Waals surface area contributed by atoms with E-state index < -0.39 is 0 Å². The van der Waals surface area contributed by atoms with Crippen molar-refractivity contribution in [3.63, 3.8) is 0 Å². The molecule has 16 heavy (non-hydrogen) atoms. The quantitative estimate of drug-likeness (QED) is 0.613. The van der Waals surface area contributed by atoms with Crippen molar-refractivity contribution in [2.24, 2.45) is 5.92 Å². The lowest BCUT2D eigenvalue weighted by molar-refractivity contribution is 0.0995. The Hall–Kier alpha value is -0.570. The van der Waals surface area contributed by atoms with Crippen LogP contribution in [0.3, 0.4) is 0 Å². The van der Waals surface area contributed by atoms with E-state index in [2.05, 4.69) is 34.3 Å². The van der Waals surface area contributed by atoms with Crippen LogP contribution in [0.2, 0.25) is 0 Å². The minimum Gasteiger partial charge on any atom is -0.348 e. The van der Waals surface area contributed by atoms with Gasteiger partial charge >= 0.3 is 0 Å². The highest BCUT2D eigenvalue weighted by atomic mass is 79.9. The molecule has 0 aromatic carbocycles. The van der Waals surface area contributed by atoms with Crippen molar-refractivity contribution in [2.75, 3.05) is 0 Å². The van der Waals surface area contributed by atoms with Gasteiger partial charge in [-0.05, 0) is 45.6 Å². The lowest BCUT2D eigenvalue weighted by atomic mass is 10.1. The summed E-state index contributed by atoms with van der Waals surface area (Å²) in [5.74, 6) is 1.03. The molecule has 1 aromatic heterocycles. The van der Waals surface area contributed by atoms with Crippen molar-refractivity contribution in [2.45, 2.75) is 45.0 Å². The predicted molar refractivity (Wildman–Crippen MR) is 69.3 cm³/mol.